The first-order valence-corrected chi connectivity index (χ1v) is 7.81. The van der Waals surface area contributed by atoms with Crippen LogP contribution in [0.25, 0.3) is 0 Å². The molecule has 2 unspecified atom stereocenters. The Balaban J connectivity index is 1.66. The van der Waals surface area contributed by atoms with Gasteiger partial charge in [-0.25, -0.2) is 4.68 Å². The van der Waals surface area contributed by atoms with Crippen LogP contribution in [0.5, 0.6) is 0 Å². The summed E-state index contributed by atoms with van der Waals surface area (Å²) in [6.07, 6.45) is 3.77. The summed E-state index contributed by atoms with van der Waals surface area (Å²) >= 11 is 0. The third-order valence-corrected chi connectivity index (χ3v) is 4.32. The largest absolute Gasteiger partial charge is 0.306 e. The van der Waals surface area contributed by atoms with Crippen LogP contribution in [0, 0.1) is 0 Å². The standard InChI is InChI=1S/C16H23N5/c1-12(2)21-16(18-19-20-21)11-17-15-10-6-9-14(15)13-7-4-3-5-8-13/h3-5,7-8,12,14-15,17H,6,9-11H2,1-2H3. The molecule has 1 aliphatic rings. The Labute approximate surface area is 125 Å². The highest BCUT2D eigenvalue weighted by Gasteiger charge is 2.28. The maximum absolute atomic E-state index is 4.14. The second-order valence-corrected chi connectivity index (χ2v) is 6.07. The van der Waals surface area contributed by atoms with Crippen molar-refractivity contribution in [2.24, 2.45) is 0 Å². The Kier molecular flexibility index (Phi) is 4.29. The minimum Gasteiger partial charge on any atom is -0.306 e. The molecule has 0 bridgehead atoms. The molecule has 0 aliphatic heterocycles. The number of nitrogens with zero attached hydrogens (tertiary/aromatic N) is 4. The van der Waals surface area contributed by atoms with Crippen LogP contribution in [0.1, 0.15) is 56.5 Å². The lowest BCUT2D eigenvalue weighted by Gasteiger charge is -2.21. The SMILES string of the molecule is CC(C)n1nnnc1CNC1CCCC1c1ccccc1. The first kappa shape index (κ1) is 14.2. The normalized spacial score (nSPS) is 22.0. The average molecular weight is 285 g/mol. The van der Waals surface area contributed by atoms with Gasteiger partial charge in [0.05, 0.1) is 12.6 Å². The van der Waals surface area contributed by atoms with Crippen molar-refractivity contribution in [2.45, 2.75) is 57.7 Å². The number of tetrazole rings is 1. The minimum atomic E-state index is 0.297. The van der Waals surface area contributed by atoms with E-state index in [1.165, 1.54) is 24.8 Å². The Hall–Kier alpha value is -1.75. The lowest BCUT2D eigenvalue weighted by atomic mass is 9.94. The molecule has 0 amide bonds. The van der Waals surface area contributed by atoms with E-state index in [2.05, 4.69) is 65.0 Å². The van der Waals surface area contributed by atoms with Crippen LogP contribution >= 0.6 is 0 Å². The molecule has 1 saturated carbocycles. The summed E-state index contributed by atoms with van der Waals surface area (Å²) in [6, 6.07) is 11.6. The fourth-order valence-corrected chi connectivity index (χ4v) is 3.26. The van der Waals surface area contributed by atoms with E-state index in [9.17, 15) is 0 Å². The van der Waals surface area contributed by atoms with Crippen LogP contribution in [0.15, 0.2) is 30.3 Å². The first-order chi connectivity index (χ1) is 10.3. The van der Waals surface area contributed by atoms with Crippen molar-refractivity contribution >= 4 is 0 Å². The minimum absolute atomic E-state index is 0.297. The third-order valence-electron chi connectivity index (χ3n) is 4.32. The van der Waals surface area contributed by atoms with Crippen molar-refractivity contribution in [3.63, 3.8) is 0 Å². The number of benzene rings is 1. The molecule has 5 heteroatoms. The van der Waals surface area contributed by atoms with Gasteiger partial charge in [0.25, 0.3) is 0 Å². The molecule has 1 aromatic heterocycles. The molecule has 1 aliphatic carbocycles. The molecular formula is C16H23N5. The number of hydrogen-bond acceptors (Lipinski definition) is 4. The summed E-state index contributed by atoms with van der Waals surface area (Å²) in [5.74, 6) is 1.53. The fraction of sp³-hybridized carbons (Fsp3) is 0.562. The number of rotatable bonds is 5. The molecule has 1 fully saturated rings. The number of nitrogens with one attached hydrogen (secondary N) is 1. The van der Waals surface area contributed by atoms with E-state index in [0.717, 1.165) is 12.4 Å². The molecule has 21 heavy (non-hydrogen) atoms. The van der Waals surface area contributed by atoms with Crippen LogP contribution in [-0.4, -0.2) is 26.2 Å². The van der Waals surface area contributed by atoms with E-state index in [1.807, 2.05) is 4.68 Å². The van der Waals surface area contributed by atoms with Gasteiger partial charge in [-0.1, -0.05) is 36.8 Å². The Morgan fingerprint density at radius 1 is 1.24 bits per heavy atom. The third kappa shape index (κ3) is 3.13. The van der Waals surface area contributed by atoms with E-state index in [4.69, 9.17) is 0 Å². The monoisotopic (exact) mass is 285 g/mol. The van der Waals surface area contributed by atoms with Crippen LogP contribution < -0.4 is 5.32 Å². The maximum atomic E-state index is 4.14. The molecule has 1 aromatic carbocycles. The highest BCUT2D eigenvalue weighted by molar-refractivity contribution is 5.22. The van der Waals surface area contributed by atoms with Gasteiger partial charge in [-0.15, -0.1) is 5.10 Å². The smallest absolute Gasteiger partial charge is 0.165 e. The predicted octanol–water partition coefficient (Wildman–Crippen LogP) is 2.68. The van der Waals surface area contributed by atoms with Crippen molar-refractivity contribution in [3.8, 4) is 0 Å². The Bertz CT molecular complexity index is 563. The topological polar surface area (TPSA) is 55.6 Å². The Morgan fingerprint density at radius 2 is 2.05 bits per heavy atom. The average Bonchev–Trinajstić information content (AvgIpc) is 3.15. The van der Waals surface area contributed by atoms with E-state index in [-0.39, 0.29) is 0 Å². The molecule has 5 nitrogen and oxygen atoms in total. The van der Waals surface area contributed by atoms with E-state index >= 15 is 0 Å². The van der Waals surface area contributed by atoms with Crippen LogP contribution in [0.3, 0.4) is 0 Å². The van der Waals surface area contributed by atoms with Gasteiger partial charge in [0.15, 0.2) is 5.82 Å². The summed E-state index contributed by atoms with van der Waals surface area (Å²) in [4.78, 5) is 0. The van der Waals surface area contributed by atoms with Crippen LogP contribution in [0.2, 0.25) is 0 Å². The van der Waals surface area contributed by atoms with Gasteiger partial charge in [0.1, 0.15) is 0 Å². The maximum Gasteiger partial charge on any atom is 0.165 e. The zero-order chi connectivity index (χ0) is 14.7. The summed E-state index contributed by atoms with van der Waals surface area (Å²) in [7, 11) is 0. The molecular weight excluding hydrogens is 262 g/mol. The van der Waals surface area contributed by atoms with Crippen molar-refractivity contribution in [2.75, 3.05) is 0 Å². The molecule has 2 atom stereocenters. The van der Waals surface area contributed by atoms with Gasteiger partial charge < -0.3 is 5.32 Å². The van der Waals surface area contributed by atoms with Crippen molar-refractivity contribution in [1.82, 2.24) is 25.5 Å². The van der Waals surface area contributed by atoms with Gasteiger partial charge in [-0.2, -0.15) is 0 Å². The molecule has 0 spiro atoms. The van der Waals surface area contributed by atoms with E-state index < -0.39 is 0 Å². The van der Waals surface area contributed by atoms with Crippen LogP contribution in [0.4, 0.5) is 0 Å². The number of hydrogen-bond donors (Lipinski definition) is 1. The highest BCUT2D eigenvalue weighted by atomic mass is 15.5. The van der Waals surface area contributed by atoms with E-state index in [0.29, 0.717) is 18.0 Å². The van der Waals surface area contributed by atoms with E-state index in [1.54, 1.807) is 0 Å². The lowest BCUT2D eigenvalue weighted by molar-refractivity contribution is 0.438. The second-order valence-electron chi connectivity index (χ2n) is 6.07. The lowest BCUT2D eigenvalue weighted by Crippen LogP contribution is -2.32. The molecule has 0 radical (unpaired) electrons. The first-order valence-electron chi connectivity index (χ1n) is 7.81. The Morgan fingerprint density at radius 3 is 2.81 bits per heavy atom. The number of aromatic nitrogens is 4. The van der Waals surface area contributed by atoms with Crippen molar-refractivity contribution < 1.29 is 0 Å². The molecule has 1 N–H and O–H groups in total. The molecule has 3 rings (SSSR count). The quantitative estimate of drug-likeness (QED) is 0.917. The van der Waals surface area contributed by atoms with Gasteiger partial charge >= 0.3 is 0 Å². The molecule has 2 aromatic rings. The van der Waals surface area contributed by atoms with Crippen molar-refractivity contribution in [3.05, 3.63) is 41.7 Å². The van der Waals surface area contributed by atoms with Gasteiger partial charge in [-0.3, -0.25) is 0 Å². The second kappa shape index (κ2) is 6.35. The summed E-state index contributed by atoms with van der Waals surface area (Å²) in [5, 5.41) is 15.6. The highest BCUT2D eigenvalue weighted by Crippen LogP contribution is 2.34. The summed E-state index contributed by atoms with van der Waals surface area (Å²) < 4.78 is 1.89. The fourth-order valence-electron chi connectivity index (χ4n) is 3.26. The van der Waals surface area contributed by atoms with Gasteiger partial charge in [0.2, 0.25) is 0 Å². The van der Waals surface area contributed by atoms with Crippen molar-refractivity contribution in [1.29, 1.82) is 0 Å². The van der Waals surface area contributed by atoms with Gasteiger partial charge in [0, 0.05) is 6.04 Å². The molecule has 112 valence electrons. The van der Waals surface area contributed by atoms with Gasteiger partial charge in [-0.05, 0) is 48.6 Å². The zero-order valence-corrected chi connectivity index (χ0v) is 12.7. The molecule has 1 heterocycles. The van der Waals surface area contributed by atoms with Crippen LogP contribution in [-0.2, 0) is 6.54 Å². The zero-order valence-electron chi connectivity index (χ0n) is 12.7. The molecule has 0 saturated heterocycles. The summed E-state index contributed by atoms with van der Waals surface area (Å²) in [5.41, 5.74) is 1.44. The predicted molar refractivity (Wildman–Crippen MR) is 81.9 cm³/mol. The summed E-state index contributed by atoms with van der Waals surface area (Å²) in [6.45, 7) is 4.93.